The lowest BCUT2D eigenvalue weighted by Crippen LogP contribution is -1.98. The van der Waals surface area contributed by atoms with E-state index in [0.717, 1.165) is 18.1 Å². The highest BCUT2D eigenvalue weighted by molar-refractivity contribution is 8.77. The van der Waals surface area contributed by atoms with Crippen LogP contribution in [-0.2, 0) is 4.79 Å². The summed E-state index contributed by atoms with van der Waals surface area (Å²) in [6.07, 6.45) is 5.79. The van der Waals surface area contributed by atoms with Gasteiger partial charge >= 0.3 is 0 Å². The van der Waals surface area contributed by atoms with Crippen LogP contribution in [0, 0.1) is 0 Å². The number of carbonyl (C=O) groups excluding carboxylic acids is 1. The van der Waals surface area contributed by atoms with Crippen molar-refractivity contribution < 1.29 is 4.79 Å². The lowest BCUT2D eigenvalue weighted by Gasteiger charge is -2.05. The zero-order valence-electron chi connectivity index (χ0n) is 11.5. The van der Waals surface area contributed by atoms with E-state index in [1.807, 2.05) is 49.3 Å². The van der Waals surface area contributed by atoms with Crippen molar-refractivity contribution in [3.8, 4) is 0 Å². The average molecular weight is 264 g/mol. The molecule has 0 radical (unpaired) electrons. The summed E-state index contributed by atoms with van der Waals surface area (Å²) < 4.78 is 0. The van der Waals surface area contributed by atoms with Crippen LogP contribution < -0.4 is 0 Å². The van der Waals surface area contributed by atoms with Gasteiger partial charge in [0.25, 0.3) is 0 Å². The molecule has 0 aromatic heterocycles. The fourth-order valence-corrected chi connectivity index (χ4v) is 4.34. The van der Waals surface area contributed by atoms with E-state index in [9.17, 15) is 4.79 Å². The van der Waals surface area contributed by atoms with Gasteiger partial charge in [-0.3, -0.25) is 0 Å². The molecule has 0 bridgehead atoms. The van der Waals surface area contributed by atoms with E-state index in [4.69, 9.17) is 0 Å². The van der Waals surface area contributed by atoms with E-state index in [1.54, 1.807) is 6.92 Å². The maximum absolute atomic E-state index is 10.6. The molecule has 0 aromatic carbocycles. The van der Waals surface area contributed by atoms with Crippen molar-refractivity contribution in [3.05, 3.63) is 0 Å². The second-order valence-corrected chi connectivity index (χ2v) is 6.06. The van der Waals surface area contributed by atoms with Gasteiger partial charge in [0.1, 0.15) is 5.78 Å². The molecule has 1 nitrogen and oxygen atoms in total. The highest BCUT2D eigenvalue weighted by atomic mass is 33.1. The van der Waals surface area contributed by atoms with Crippen LogP contribution in [0.1, 0.15) is 66.7 Å². The molecular formula is C13H28OS2. The first-order chi connectivity index (χ1) is 7.79. The lowest BCUT2D eigenvalue weighted by atomic mass is 10.1. The fraction of sp³-hybridized carbons (Fsp3) is 0.923. The monoisotopic (exact) mass is 264 g/mol. The first-order valence-corrected chi connectivity index (χ1v) is 8.95. The normalized spacial score (nSPS) is 17.9. The highest BCUT2D eigenvalue weighted by Gasteiger charge is 2.15. The van der Waals surface area contributed by atoms with Gasteiger partial charge in [-0.05, 0) is 26.2 Å². The van der Waals surface area contributed by atoms with Gasteiger partial charge in [-0.25, -0.2) is 0 Å². The van der Waals surface area contributed by atoms with Gasteiger partial charge in [-0.1, -0.05) is 55.7 Å². The van der Waals surface area contributed by atoms with Crippen molar-refractivity contribution in [2.24, 2.45) is 0 Å². The maximum atomic E-state index is 10.6. The Morgan fingerprint density at radius 2 is 1.81 bits per heavy atom. The molecule has 98 valence electrons. The van der Waals surface area contributed by atoms with E-state index < -0.39 is 0 Å². The first kappa shape index (κ1) is 18.7. The Labute approximate surface area is 110 Å². The minimum atomic E-state index is 0.337. The molecule has 1 unspecified atom stereocenters. The largest absolute Gasteiger partial charge is 0.300 e. The summed E-state index contributed by atoms with van der Waals surface area (Å²) in [5, 5.41) is 0.877. The standard InChI is InChI=1S/C9H16OS2.2C2H6/c1-8(10)4-2-3-5-9-6-7-11-12-9;2*1-2/h9H,2-7H2,1H3;2*1-2H3. The van der Waals surface area contributed by atoms with Crippen molar-refractivity contribution in [2.75, 3.05) is 5.75 Å². The topological polar surface area (TPSA) is 17.1 Å². The zero-order chi connectivity index (χ0) is 12.8. The summed E-state index contributed by atoms with van der Waals surface area (Å²) in [7, 11) is 4.03. The number of Topliss-reactive ketones (excluding diaryl/α,β-unsaturated/α-hetero) is 1. The molecule has 1 aliphatic rings. The van der Waals surface area contributed by atoms with Gasteiger partial charge < -0.3 is 4.79 Å². The Morgan fingerprint density at radius 1 is 1.19 bits per heavy atom. The van der Waals surface area contributed by atoms with E-state index >= 15 is 0 Å². The predicted octanol–water partition coefficient (Wildman–Crippen LogP) is 5.34. The minimum Gasteiger partial charge on any atom is -0.300 e. The second-order valence-electron chi connectivity index (χ2n) is 3.28. The Morgan fingerprint density at radius 3 is 2.25 bits per heavy atom. The SMILES string of the molecule is CC.CC.CC(=O)CCCCC1CCSS1. The van der Waals surface area contributed by atoms with E-state index in [0.29, 0.717) is 5.78 Å². The minimum absolute atomic E-state index is 0.337. The van der Waals surface area contributed by atoms with Crippen LogP contribution in [0.5, 0.6) is 0 Å². The third-order valence-corrected chi connectivity index (χ3v) is 5.04. The van der Waals surface area contributed by atoms with Crippen molar-refractivity contribution >= 4 is 27.4 Å². The van der Waals surface area contributed by atoms with Crippen LogP contribution in [0.2, 0.25) is 0 Å². The van der Waals surface area contributed by atoms with Crippen LogP contribution in [0.25, 0.3) is 0 Å². The maximum Gasteiger partial charge on any atom is 0.129 e. The molecule has 1 aliphatic heterocycles. The summed E-state index contributed by atoms with van der Waals surface area (Å²) in [6, 6.07) is 0. The van der Waals surface area contributed by atoms with Gasteiger partial charge in [0.2, 0.25) is 0 Å². The van der Waals surface area contributed by atoms with Gasteiger partial charge in [0.05, 0.1) is 0 Å². The van der Waals surface area contributed by atoms with Crippen LogP contribution in [0.15, 0.2) is 0 Å². The molecule has 1 fully saturated rings. The first-order valence-electron chi connectivity index (χ1n) is 6.57. The van der Waals surface area contributed by atoms with Crippen LogP contribution >= 0.6 is 21.6 Å². The van der Waals surface area contributed by atoms with Gasteiger partial charge in [0, 0.05) is 17.4 Å². The molecule has 16 heavy (non-hydrogen) atoms. The molecule has 0 aromatic rings. The molecule has 1 heterocycles. The van der Waals surface area contributed by atoms with Crippen molar-refractivity contribution in [1.82, 2.24) is 0 Å². The van der Waals surface area contributed by atoms with E-state index in [1.165, 1.54) is 25.0 Å². The van der Waals surface area contributed by atoms with Gasteiger partial charge in [-0.2, -0.15) is 0 Å². The number of rotatable bonds is 5. The second kappa shape index (κ2) is 15.4. The summed E-state index contributed by atoms with van der Waals surface area (Å²) in [4.78, 5) is 10.6. The number of carbonyl (C=O) groups is 1. The zero-order valence-corrected chi connectivity index (χ0v) is 13.2. The van der Waals surface area contributed by atoms with E-state index in [2.05, 4.69) is 0 Å². The summed E-state index contributed by atoms with van der Waals surface area (Å²) >= 11 is 0. The third-order valence-electron chi connectivity index (χ3n) is 2.03. The van der Waals surface area contributed by atoms with Gasteiger partial charge in [0.15, 0.2) is 0 Å². The number of ketones is 1. The van der Waals surface area contributed by atoms with Crippen molar-refractivity contribution in [1.29, 1.82) is 0 Å². The molecule has 1 atom stereocenters. The van der Waals surface area contributed by atoms with Gasteiger partial charge in [-0.15, -0.1) is 0 Å². The predicted molar refractivity (Wildman–Crippen MR) is 80.3 cm³/mol. The summed E-state index contributed by atoms with van der Waals surface area (Å²) in [5.41, 5.74) is 0. The highest BCUT2D eigenvalue weighted by Crippen LogP contribution is 2.39. The third kappa shape index (κ3) is 12.4. The Hall–Kier alpha value is 0.370. The molecule has 3 heteroatoms. The van der Waals surface area contributed by atoms with Crippen molar-refractivity contribution in [2.45, 2.75) is 72.0 Å². The fourth-order valence-electron chi connectivity index (χ4n) is 1.31. The summed E-state index contributed by atoms with van der Waals surface area (Å²) in [6.45, 7) is 9.68. The van der Waals surface area contributed by atoms with Crippen LogP contribution in [0.4, 0.5) is 0 Å². The molecule has 0 N–H and O–H groups in total. The Balaban J connectivity index is 0. The summed E-state index contributed by atoms with van der Waals surface area (Å²) in [5.74, 6) is 1.66. The lowest BCUT2D eigenvalue weighted by molar-refractivity contribution is -0.117. The number of unbranched alkanes of at least 4 members (excludes halogenated alkanes) is 1. The van der Waals surface area contributed by atoms with Crippen molar-refractivity contribution in [3.63, 3.8) is 0 Å². The molecule has 0 aliphatic carbocycles. The van der Waals surface area contributed by atoms with Crippen LogP contribution in [-0.4, -0.2) is 16.8 Å². The molecule has 1 rings (SSSR count). The molecule has 0 spiro atoms. The smallest absolute Gasteiger partial charge is 0.129 e. The number of hydrogen-bond donors (Lipinski definition) is 0. The quantitative estimate of drug-likeness (QED) is 0.493. The molecule has 0 saturated carbocycles. The molecular weight excluding hydrogens is 236 g/mol. The average Bonchev–Trinajstić information content (AvgIpc) is 2.83. The Kier molecular flexibility index (Phi) is 18.0. The van der Waals surface area contributed by atoms with Crippen LogP contribution in [0.3, 0.4) is 0 Å². The molecule has 0 amide bonds. The number of hydrogen-bond acceptors (Lipinski definition) is 3. The Bertz CT molecular complexity index is 143. The van der Waals surface area contributed by atoms with E-state index in [-0.39, 0.29) is 0 Å². The molecule has 1 saturated heterocycles.